The number of amidine groups is 1. The lowest BCUT2D eigenvalue weighted by molar-refractivity contribution is -0.384. The van der Waals surface area contributed by atoms with Crippen molar-refractivity contribution in [1.82, 2.24) is 5.32 Å². The Labute approximate surface area is 165 Å². The predicted molar refractivity (Wildman–Crippen MR) is 109 cm³/mol. The van der Waals surface area contributed by atoms with Crippen molar-refractivity contribution in [3.8, 4) is 0 Å². The molecule has 28 heavy (non-hydrogen) atoms. The predicted octanol–water partition coefficient (Wildman–Crippen LogP) is 3.46. The normalized spacial score (nSPS) is 17.4. The summed E-state index contributed by atoms with van der Waals surface area (Å²) in [5.74, 6) is -0.791. The molecular formula is C19H18N4O4S. The number of carbonyl (C=O) groups is 2. The van der Waals surface area contributed by atoms with E-state index in [4.69, 9.17) is 0 Å². The molecule has 2 amide bonds. The third-order valence-corrected chi connectivity index (χ3v) is 5.12. The smallest absolute Gasteiger partial charge is 0.293 e. The van der Waals surface area contributed by atoms with Crippen molar-refractivity contribution in [2.75, 3.05) is 5.32 Å². The van der Waals surface area contributed by atoms with Crippen LogP contribution in [0.2, 0.25) is 0 Å². The molecule has 1 saturated heterocycles. The van der Waals surface area contributed by atoms with Crippen LogP contribution in [0.15, 0.2) is 47.5 Å². The van der Waals surface area contributed by atoms with E-state index in [1.54, 1.807) is 13.0 Å². The number of aryl methyl sites for hydroxylation is 2. The Morgan fingerprint density at radius 1 is 1.21 bits per heavy atom. The van der Waals surface area contributed by atoms with E-state index in [9.17, 15) is 19.7 Å². The molecule has 0 saturated carbocycles. The van der Waals surface area contributed by atoms with Gasteiger partial charge in [-0.2, -0.15) is 0 Å². The van der Waals surface area contributed by atoms with E-state index in [-0.39, 0.29) is 23.7 Å². The van der Waals surface area contributed by atoms with Crippen LogP contribution in [0.25, 0.3) is 0 Å². The first kappa shape index (κ1) is 19.6. The minimum Gasteiger partial charge on any atom is -0.320 e. The van der Waals surface area contributed by atoms with E-state index >= 15 is 0 Å². The Bertz CT molecular complexity index is 972. The quantitative estimate of drug-likeness (QED) is 0.591. The van der Waals surface area contributed by atoms with Gasteiger partial charge in [-0.05, 0) is 37.6 Å². The monoisotopic (exact) mass is 398 g/mol. The molecule has 1 fully saturated rings. The summed E-state index contributed by atoms with van der Waals surface area (Å²) in [6.07, 6.45) is -0.117. The number of aliphatic imine (C=N–C) groups is 1. The van der Waals surface area contributed by atoms with Crippen molar-refractivity contribution in [2.24, 2.45) is 4.99 Å². The largest absolute Gasteiger partial charge is 0.320 e. The zero-order valence-electron chi connectivity index (χ0n) is 15.3. The molecular weight excluding hydrogens is 380 g/mol. The van der Waals surface area contributed by atoms with Gasteiger partial charge in [-0.15, -0.1) is 0 Å². The average molecular weight is 398 g/mol. The van der Waals surface area contributed by atoms with Crippen molar-refractivity contribution < 1.29 is 14.5 Å². The van der Waals surface area contributed by atoms with Crippen molar-refractivity contribution in [3.63, 3.8) is 0 Å². The molecule has 2 aromatic carbocycles. The standard InChI is InChI=1S/C19H18N4O4S/c1-11-3-6-13(7-4-11)20-19-22-18(25)16(28-19)10-17(24)21-14-8-5-12(2)9-15(14)23(26)27/h3-9,16H,10H2,1-2H3,(H,21,24)(H,20,22,25). The average Bonchev–Trinajstić information content (AvgIpc) is 2.97. The van der Waals surface area contributed by atoms with E-state index < -0.39 is 16.1 Å². The summed E-state index contributed by atoms with van der Waals surface area (Å²) >= 11 is 1.16. The van der Waals surface area contributed by atoms with Crippen LogP contribution in [0.3, 0.4) is 0 Å². The third-order valence-electron chi connectivity index (χ3n) is 4.04. The molecule has 1 aliphatic heterocycles. The Morgan fingerprint density at radius 3 is 2.57 bits per heavy atom. The topological polar surface area (TPSA) is 114 Å². The molecule has 3 rings (SSSR count). The Morgan fingerprint density at radius 2 is 1.89 bits per heavy atom. The van der Waals surface area contributed by atoms with Crippen molar-refractivity contribution in [1.29, 1.82) is 0 Å². The minimum absolute atomic E-state index is 0.109. The number of rotatable bonds is 5. The highest BCUT2D eigenvalue weighted by molar-refractivity contribution is 8.15. The molecule has 1 heterocycles. The number of nitro benzene ring substituents is 1. The second-order valence-electron chi connectivity index (χ2n) is 6.38. The maximum absolute atomic E-state index is 12.3. The Hall–Kier alpha value is -3.20. The zero-order valence-corrected chi connectivity index (χ0v) is 16.1. The van der Waals surface area contributed by atoms with E-state index in [0.717, 1.165) is 17.3 Å². The first-order valence-corrected chi connectivity index (χ1v) is 9.37. The molecule has 144 valence electrons. The van der Waals surface area contributed by atoms with Gasteiger partial charge in [-0.1, -0.05) is 35.5 Å². The van der Waals surface area contributed by atoms with Gasteiger partial charge in [0.1, 0.15) is 10.9 Å². The molecule has 1 atom stereocenters. The highest BCUT2D eigenvalue weighted by Crippen LogP contribution is 2.28. The summed E-state index contributed by atoms with van der Waals surface area (Å²) in [7, 11) is 0. The van der Waals surface area contributed by atoms with Crippen LogP contribution < -0.4 is 10.6 Å². The number of carbonyl (C=O) groups excluding carboxylic acids is 2. The first-order valence-electron chi connectivity index (χ1n) is 8.49. The van der Waals surface area contributed by atoms with E-state index in [1.165, 1.54) is 12.1 Å². The van der Waals surface area contributed by atoms with Crippen LogP contribution >= 0.6 is 11.8 Å². The molecule has 0 spiro atoms. The number of nitrogens with one attached hydrogen (secondary N) is 2. The van der Waals surface area contributed by atoms with Crippen molar-refractivity contribution >= 4 is 45.8 Å². The molecule has 8 nitrogen and oxygen atoms in total. The second-order valence-corrected chi connectivity index (χ2v) is 7.57. The molecule has 9 heteroatoms. The number of thioether (sulfide) groups is 1. The van der Waals surface area contributed by atoms with Crippen LogP contribution in [0.1, 0.15) is 17.5 Å². The van der Waals surface area contributed by atoms with E-state index in [2.05, 4.69) is 15.6 Å². The highest BCUT2D eigenvalue weighted by Gasteiger charge is 2.32. The van der Waals surface area contributed by atoms with Gasteiger partial charge in [0, 0.05) is 12.5 Å². The fourth-order valence-electron chi connectivity index (χ4n) is 2.60. The van der Waals surface area contributed by atoms with Gasteiger partial charge in [-0.3, -0.25) is 19.7 Å². The van der Waals surface area contributed by atoms with Crippen LogP contribution in [0.4, 0.5) is 17.1 Å². The second kappa shape index (κ2) is 8.22. The van der Waals surface area contributed by atoms with Crippen LogP contribution in [-0.4, -0.2) is 27.2 Å². The maximum atomic E-state index is 12.3. The lowest BCUT2D eigenvalue weighted by Gasteiger charge is -2.08. The number of nitrogens with zero attached hydrogens (tertiary/aromatic N) is 2. The summed E-state index contributed by atoms with van der Waals surface area (Å²) < 4.78 is 0. The van der Waals surface area contributed by atoms with Crippen molar-refractivity contribution in [2.45, 2.75) is 25.5 Å². The molecule has 0 aliphatic carbocycles. The van der Waals surface area contributed by atoms with E-state index in [0.29, 0.717) is 16.4 Å². The van der Waals surface area contributed by atoms with Gasteiger partial charge in [-0.25, -0.2) is 4.99 Å². The number of hydrogen-bond donors (Lipinski definition) is 2. The van der Waals surface area contributed by atoms with Crippen LogP contribution in [0, 0.1) is 24.0 Å². The highest BCUT2D eigenvalue weighted by atomic mass is 32.2. The van der Waals surface area contributed by atoms with E-state index in [1.807, 2.05) is 31.2 Å². The first-order chi connectivity index (χ1) is 13.3. The van der Waals surface area contributed by atoms with Gasteiger partial charge in [0.05, 0.1) is 10.6 Å². The lowest BCUT2D eigenvalue weighted by Crippen LogP contribution is -2.28. The minimum atomic E-state index is -0.645. The SMILES string of the molecule is Cc1ccc(N=C2NC(=O)C(CC(=O)Nc3ccc(C)cc3[N+](=O)[O-])S2)cc1. The van der Waals surface area contributed by atoms with Gasteiger partial charge in [0.25, 0.3) is 5.69 Å². The molecule has 2 N–H and O–H groups in total. The number of nitro groups is 1. The summed E-state index contributed by atoms with van der Waals surface area (Å²) in [6.45, 7) is 3.70. The molecule has 0 radical (unpaired) electrons. The maximum Gasteiger partial charge on any atom is 0.293 e. The third kappa shape index (κ3) is 4.74. The Balaban J connectivity index is 1.66. The molecule has 1 unspecified atom stereocenters. The van der Waals surface area contributed by atoms with Crippen molar-refractivity contribution in [3.05, 3.63) is 63.7 Å². The molecule has 0 aromatic heterocycles. The summed E-state index contributed by atoms with van der Waals surface area (Å²) in [6, 6.07) is 12.1. The van der Waals surface area contributed by atoms with Gasteiger partial charge >= 0.3 is 0 Å². The molecule has 0 bridgehead atoms. The number of benzene rings is 2. The number of anilines is 1. The van der Waals surface area contributed by atoms with Gasteiger partial charge < -0.3 is 10.6 Å². The lowest BCUT2D eigenvalue weighted by atomic mass is 10.2. The molecule has 2 aromatic rings. The Kier molecular flexibility index (Phi) is 5.74. The van der Waals surface area contributed by atoms with Crippen LogP contribution in [0.5, 0.6) is 0 Å². The molecule has 1 aliphatic rings. The summed E-state index contributed by atoms with van der Waals surface area (Å²) in [5.41, 5.74) is 2.45. The fraction of sp³-hybridized carbons (Fsp3) is 0.211. The summed E-state index contributed by atoms with van der Waals surface area (Å²) in [4.78, 5) is 39.4. The number of amides is 2. The van der Waals surface area contributed by atoms with Crippen LogP contribution in [-0.2, 0) is 9.59 Å². The number of hydrogen-bond acceptors (Lipinski definition) is 6. The fourth-order valence-corrected chi connectivity index (χ4v) is 3.58. The zero-order chi connectivity index (χ0) is 20.3. The summed E-state index contributed by atoms with van der Waals surface area (Å²) in [5, 5.41) is 16.1. The van der Waals surface area contributed by atoms with Gasteiger partial charge in [0.2, 0.25) is 11.8 Å². The van der Waals surface area contributed by atoms with Gasteiger partial charge in [0.15, 0.2) is 5.17 Å².